The summed E-state index contributed by atoms with van der Waals surface area (Å²) in [6.45, 7) is 6.55. The average Bonchev–Trinajstić information content (AvgIpc) is 3.69. The van der Waals surface area contributed by atoms with Crippen molar-refractivity contribution in [2.75, 3.05) is 18.2 Å². The van der Waals surface area contributed by atoms with E-state index in [1.807, 2.05) is 72.8 Å². The zero-order valence-corrected chi connectivity index (χ0v) is 23.8. The van der Waals surface area contributed by atoms with E-state index in [-0.39, 0.29) is 5.41 Å². The minimum atomic E-state index is 0.0630. The second kappa shape index (κ2) is 10.9. The Morgan fingerprint density at radius 2 is 1.24 bits per heavy atom. The number of nitrogens with one attached hydrogen (secondary N) is 1. The topological polar surface area (TPSA) is 125 Å². The van der Waals surface area contributed by atoms with E-state index in [1.165, 1.54) is 5.56 Å². The standard InChI is InChI=1S/C33H30N6O3/c1-33(2,3)22-13-9-20(10-14-22)29-36-38-31(41-29)25-7-5-6-8-28(25)35-23-15-18-27(34)26(19-23)32-39-37-30(42-32)21-11-16-24(40-4)17-12-21/h5-19,35H,34H2,1-4H3. The number of para-hydroxylation sites is 1. The highest BCUT2D eigenvalue weighted by molar-refractivity contribution is 5.81. The first-order valence-electron chi connectivity index (χ1n) is 13.5. The molecule has 9 heteroatoms. The molecular formula is C33H30N6O3. The van der Waals surface area contributed by atoms with Gasteiger partial charge in [-0.15, -0.1) is 20.4 Å². The van der Waals surface area contributed by atoms with E-state index in [1.54, 1.807) is 13.2 Å². The maximum Gasteiger partial charge on any atom is 0.250 e. The fourth-order valence-electron chi connectivity index (χ4n) is 4.50. The van der Waals surface area contributed by atoms with Gasteiger partial charge in [-0.1, -0.05) is 45.0 Å². The number of anilines is 3. The first kappa shape index (κ1) is 26.8. The van der Waals surface area contributed by atoms with Gasteiger partial charge < -0.3 is 24.6 Å². The number of methoxy groups -OCH3 is 1. The van der Waals surface area contributed by atoms with Gasteiger partial charge in [0.1, 0.15) is 5.75 Å². The first-order valence-corrected chi connectivity index (χ1v) is 13.5. The Kier molecular flexibility index (Phi) is 6.92. The van der Waals surface area contributed by atoms with Crippen molar-refractivity contribution >= 4 is 17.1 Å². The van der Waals surface area contributed by atoms with Crippen LogP contribution in [0.4, 0.5) is 17.1 Å². The minimum Gasteiger partial charge on any atom is -0.497 e. The third-order valence-corrected chi connectivity index (χ3v) is 6.91. The third kappa shape index (κ3) is 5.44. The maximum absolute atomic E-state index is 6.31. The molecule has 0 unspecified atom stereocenters. The lowest BCUT2D eigenvalue weighted by Crippen LogP contribution is -2.10. The van der Waals surface area contributed by atoms with Gasteiger partial charge in [0.25, 0.3) is 0 Å². The number of aromatic nitrogens is 4. The van der Waals surface area contributed by atoms with Crippen LogP contribution in [0.5, 0.6) is 5.75 Å². The van der Waals surface area contributed by atoms with Crippen molar-refractivity contribution in [3.8, 4) is 51.6 Å². The quantitative estimate of drug-likeness (QED) is 0.189. The van der Waals surface area contributed by atoms with Crippen molar-refractivity contribution in [1.29, 1.82) is 0 Å². The van der Waals surface area contributed by atoms with Crippen LogP contribution in [-0.2, 0) is 5.41 Å². The van der Waals surface area contributed by atoms with Crippen molar-refractivity contribution in [2.24, 2.45) is 0 Å². The minimum absolute atomic E-state index is 0.0630. The van der Waals surface area contributed by atoms with Crippen LogP contribution in [0.1, 0.15) is 26.3 Å². The smallest absolute Gasteiger partial charge is 0.250 e. The Morgan fingerprint density at radius 3 is 1.86 bits per heavy atom. The summed E-state index contributed by atoms with van der Waals surface area (Å²) in [6, 6.07) is 28.9. The normalized spacial score (nSPS) is 11.4. The molecule has 2 aromatic heterocycles. The molecular weight excluding hydrogens is 528 g/mol. The molecule has 6 rings (SSSR count). The highest BCUT2D eigenvalue weighted by atomic mass is 16.5. The van der Waals surface area contributed by atoms with Gasteiger partial charge >= 0.3 is 0 Å². The van der Waals surface area contributed by atoms with E-state index in [0.29, 0.717) is 34.8 Å². The summed E-state index contributed by atoms with van der Waals surface area (Å²) in [5.74, 6) is 2.31. The van der Waals surface area contributed by atoms with Gasteiger partial charge in [0.05, 0.1) is 23.9 Å². The Balaban J connectivity index is 1.25. The highest BCUT2D eigenvalue weighted by Crippen LogP contribution is 2.35. The third-order valence-electron chi connectivity index (χ3n) is 6.91. The Hall–Kier alpha value is -5.44. The number of hydrogen-bond acceptors (Lipinski definition) is 9. The molecule has 42 heavy (non-hydrogen) atoms. The Labute approximate surface area is 243 Å². The molecule has 3 N–H and O–H groups in total. The van der Waals surface area contributed by atoms with Gasteiger partial charge in [0.2, 0.25) is 23.6 Å². The maximum atomic E-state index is 6.31. The molecule has 210 valence electrons. The summed E-state index contributed by atoms with van der Waals surface area (Å²) < 4.78 is 17.3. The molecule has 0 aliphatic heterocycles. The van der Waals surface area contributed by atoms with Crippen LogP contribution in [0.15, 0.2) is 99.8 Å². The van der Waals surface area contributed by atoms with Crippen LogP contribution in [-0.4, -0.2) is 27.5 Å². The molecule has 2 heterocycles. The molecule has 0 saturated heterocycles. The van der Waals surface area contributed by atoms with Gasteiger partial charge in [-0.25, -0.2) is 0 Å². The monoisotopic (exact) mass is 558 g/mol. The summed E-state index contributed by atoms with van der Waals surface area (Å²) in [6.07, 6.45) is 0. The summed E-state index contributed by atoms with van der Waals surface area (Å²) in [4.78, 5) is 0. The molecule has 4 aromatic carbocycles. The fraction of sp³-hybridized carbons (Fsp3) is 0.152. The molecule has 0 saturated carbocycles. The number of benzene rings is 4. The molecule has 0 fully saturated rings. The van der Waals surface area contributed by atoms with E-state index in [0.717, 1.165) is 33.8 Å². The van der Waals surface area contributed by atoms with Gasteiger partial charge in [-0.05, 0) is 77.7 Å². The van der Waals surface area contributed by atoms with Crippen LogP contribution >= 0.6 is 0 Å². The first-order chi connectivity index (χ1) is 20.3. The van der Waals surface area contributed by atoms with Crippen molar-refractivity contribution < 1.29 is 13.6 Å². The Bertz CT molecular complexity index is 1830. The molecule has 0 radical (unpaired) electrons. The zero-order chi connectivity index (χ0) is 29.3. The lowest BCUT2D eigenvalue weighted by Gasteiger charge is -2.18. The molecule has 0 amide bonds. The number of nitrogen functional groups attached to an aromatic ring is 1. The molecule has 9 nitrogen and oxygen atoms in total. The van der Waals surface area contributed by atoms with Crippen LogP contribution in [0, 0.1) is 0 Å². The number of rotatable bonds is 7. The van der Waals surface area contributed by atoms with Gasteiger partial charge in [0.15, 0.2) is 0 Å². The Morgan fingerprint density at radius 1 is 0.667 bits per heavy atom. The lowest BCUT2D eigenvalue weighted by atomic mass is 9.87. The summed E-state index contributed by atoms with van der Waals surface area (Å²) >= 11 is 0. The molecule has 6 aromatic rings. The summed E-state index contributed by atoms with van der Waals surface area (Å²) in [7, 11) is 1.62. The van der Waals surface area contributed by atoms with E-state index in [9.17, 15) is 0 Å². The predicted molar refractivity (Wildman–Crippen MR) is 163 cm³/mol. The molecule has 0 aliphatic carbocycles. The van der Waals surface area contributed by atoms with Gasteiger partial charge in [-0.3, -0.25) is 0 Å². The van der Waals surface area contributed by atoms with E-state index in [2.05, 4.69) is 58.6 Å². The van der Waals surface area contributed by atoms with Crippen molar-refractivity contribution in [1.82, 2.24) is 20.4 Å². The van der Waals surface area contributed by atoms with Crippen LogP contribution in [0.3, 0.4) is 0 Å². The van der Waals surface area contributed by atoms with E-state index >= 15 is 0 Å². The summed E-state index contributed by atoms with van der Waals surface area (Å²) in [5.41, 5.74) is 12.7. The van der Waals surface area contributed by atoms with Crippen LogP contribution in [0.25, 0.3) is 45.8 Å². The number of nitrogens with zero attached hydrogens (tertiary/aromatic N) is 4. The predicted octanol–water partition coefficient (Wildman–Crippen LogP) is 7.75. The van der Waals surface area contributed by atoms with Crippen molar-refractivity contribution in [2.45, 2.75) is 26.2 Å². The van der Waals surface area contributed by atoms with Gasteiger partial charge in [-0.2, -0.15) is 0 Å². The number of ether oxygens (including phenoxy) is 1. The van der Waals surface area contributed by atoms with E-state index in [4.69, 9.17) is 19.3 Å². The number of hydrogen-bond donors (Lipinski definition) is 2. The molecule has 0 spiro atoms. The zero-order valence-electron chi connectivity index (χ0n) is 23.8. The fourth-order valence-corrected chi connectivity index (χ4v) is 4.50. The average molecular weight is 559 g/mol. The van der Waals surface area contributed by atoms with Crippen LogP contribution in [0.2, 0.25) is 0 Å². The number of nitrogens with two attached hydrogens (primary N) is 1. The second-order valence-corrected chi connectivity index (χ2v) is 10.9. The lowest BCUT2D eigenvalue weighted by molar-refractivity contribution is 0.415. The van der Waals surface area contributed by atoms with Crippen molar-refractivity contribution in [3.05, 3.63) is 96.6 Å². The van der Waals surface area contributed by atoms with Crippen molar-refractivity contribution in [3.63, 3.8) is 0 Å². The SMILES string of the molecule is COc1ccc(-c2nnc(-c3cc(Nc4ccccc4-c4nnc(-c5ccc(C(C)(C)C)cc5)o4)ccc3N)o2)cc1. The molecule has 0 bridgehead atoms. The molecule has 0 atom stereocenters. The second-order valence-electron chi connectivity index (χ2n) is 10.9. The highest BCUT2D eigenvalue weighted by Gasteiger charge is 2.18. The largest absolute Gasteiger partial charge is 0.497 e. The van der Waals surface area contributed by atoms with Gasteiger partial charge in [0, 0.05) is 22.5 Å². The van der Waals surface area contributed by atoms with Crippen LogP contribution < -0.4 is 15.8 Å². The van der Waals surface area contributed by atoms with E-state index < -0.39 is 0 Å². The summed E-state index contributed by atoms with van der Waals surface area (Å²) in [5, 5.41) is 20.5. The molecule has 0 aliphatic rings.